The minimum Gasteiger partial charge on any atom is -0.380 e. The molecule has 4 heteroatoms. The van der Waals surface area contributed by atoms with Crippen molar-refractivity contribution in [2.45, 2.75) is 34.1 Å². The van der Waals surface area contributed by atoms with Crippen molar-refractivity contribution in [3.8, 4) is 11.1 Å². The van der Waals surface area contributed by atoms with Crippen LogP contribution < -0.4 is 5.73 Å². The maximum Gasteiger partial charge on any atom is 0.175 e. The van der Waals surface area contributed by atoms with E-state index in [4.69, 9.17) is 10.3 Å². The van der Waals surface area contributed by atoms with Gasteiger partial charge < -0.3 is 10.3 Å². The van der Waals surface area contributed by atoms with Gasteiger partial charge in [-0.05, 0) is 17.4 Å². The first-order valence-electron chi connectivity index (χ1n) is 6.79. The number of hydrogen-bond acceptors (Lipinski definition) is 3. The summed E-state index contributed by atoms with van der Waals surface area (Å²) in [5, 5.41) is 3.95. The summed E-state index contributed by atoms with van der Waals surface area (Å²) in [6.07, 6.45) is 0.824. The van der Waals surface area contributed by atoms with Crippen molar-refractivity contribution in [2.75, 3.05) is 5.73 Å². The van der Waals surface area contributed by atoms with Crippen LogP contribution in [0.1, 0.15) is 33.5 Å². The molecular formula is C16H21BrN2O. The van der Waals surface area contributed by atoms with Gasteiger partial charge in [0.15, 0.2) is 5.82 Å². The van der Waals surface area contributed by atoms with Crippen molar-refractivity contribution < 1.29 is 4.52 Å². The van der Waals surface area contributed by atoms with Crippen LogP contribution in [0.3, 0.4) is 0 Å². The number of nitrogens with two attached hydrogens (primary N) is 1. The molecule has 1 unspecified atom stereocenters. The Hall–Kier alpha value is -1.29. The van der Waals surface area contributed by atoms with Crippen LogP contribution in [-0.4, -0.2) is 5.16 Å². The molecule has 0 aliphatic heterocycles. The second-order valence-corrected chi connectivity index (χ2v) is 7.17. The van der Waals surface area contributed by atoms with E-state index in [0.717, 1.165) is 27.8 Å². The van der Waals surface area contributed by atoms with E-state index in [9.17, 15) is 0 Å². The summed E-state index contributed by atoms with van der Waals surface area (Å²) in [5.74, 6) is 1.78. The second kappa shape index (κ2) is 5.60. The molecule has 0 aliphatic rings. The van der Waals surface area contributed by atoms with Gasteiger partial charge in [0.2, 0.25) is 0 Å². The van der Waals surface area contributed by atoms with Gasteiger partial charge in [0.25, 0.3) is 0 Å². The predicted octanol–water partition coefficient (Wildman–Crippen LogP) is 4.91. The number of rotatable bonds is 3. The summed E-state index contributed by atoms with van der Waals surface area (Å²) in [5.41, 5.74) is 8.16. The van der Waals surface area contributed by atoms with Crippen LogP contribution in [0, 0.1) is 11.3 Å². The molecule has 0 spiro atoms. The van der Waals surface area contributed by atoms with Crippen molar-refractivity contribution in [3.63, 3.8) is 0 Å². The van der Waals surface area contributed by atoms with Gasteiger partial charge >= 0.3 is 0 Å². The van der Waals surface area contributed by atoms with Crippen LogP contribution in [0.15, 0.2) is 33.3 Å². The van der Waals surface area contributed by atoms with Gasteiger partial charge in [-0.25, -0.2) is 0 Å². The average Bonchev–Trinajstić information content (AvgIpc) is 2.70. The molecule has 2 N–H and O–H groups in total. The molecule has 2 rings (SSSR count). The summed E-state index contributed by atoms with van der Waals surface area (Å²) in [6, 6.07) is 8.00. The fraction of sp³-hybridized carbons (Fsp3) is 0.438. The normalized spacial score (nSPS) is 13.4. The monoisotopic (exact) mass is 336 g/mol. The van der Waals surface area contributed by atoms with Gasteiger partial charge in [0.05, 0.1) is 5.56 Å². The molecule has 1 aromatic heterocycles. The second-order valence-electron chi connectivity index (χ2n) is 6.32. The van der Waals surface area contributed by atoms with Gasteiger partial charge in [-0.3, -0.25) is 0 Å². The summed E-state index contributed by atoms with van der Waals surface area (Å²) in [7, 11) is 0. The minimum atomic E-state index is 0.215. The Morgan fingerprint density at radius 2 is 1.95 bits per heavy atom. The molecule has 1 atom stereocenters. The summed E-state index contributed by atoms with van der Waals surface area (Å²) < 4.78 is 6.47. The molecular weight excluding hydrogens is 316 g/mol. The molecule has 1 aromatic carbocycles. The lowest BCUT2D eigenvalue weighted by Crippen LogP contribution is -2.19. The largest absolute Gasteiger partial charge is 0.380 e. The van der Waals surface area contributed by atoms with Crippen molar-refractivity contribution in [3.05, 3.63) is 34.5 Å². The lowest BCUT2D eigenvalue weighted by atomic mass is 9.79. The molecule has 0 aliphatic carbocycles. The Balaban J connectivity index is 2.41. The van der Waals surface area contributed by atoms with E-state index < -0.39 is 0 Å². The SMILES string of the molecule is CC(Cc1onc(N)c1-c1ccccc1Br)C(C)(C)C. The molecule has 0 bridgehead atoms. The van der Waals surface area contributed by atoms with Crippen LogP contribution in [-0.2, 0) is 6.42 Å². The summed E-state index contributed by atoms with van der Waals surface area (Å²) in [4.78, 5) is 0. The molecule has 20 heavy (non-hydrogen) atoms. The Morgan fingerprint density at radius 3 is 2.55 bits per heavy atom. The van der Waals surface area contributed by atoms with Crippen LogP contribution in [0.2, 0.25) is 0 Å². The van der Waals surface area contributed by atoms with Gasteiger partial charge in [-0.1, -0.05) is 67.0 Å². The number of aromatic nitrogens is 1. The number of benzene rings is 1. The Labute approximate surface area is 128 Å². The lowest BCUT2D eigenvalue weighted by molar-refractivity contribution is 0.240. The number of hydrogen-bond donors (Lipinski definition) is 1. The zero-order chi connectivity index (χ0) is 14.9. The van der Waals surface area contributed by atoms with Gasteiger partial charge in [-0.2, -0.15) is 0 Å². The van der Waals surface area contributed by atoms with Gasteiger partial charge in [-0.15, -0.1) is 0 Å². The third kappa shape index (κ3) is 3.06. The third-order valence-electron chi connectivity index (χ3n) is 3.90. The average molecular weight is 337 g/mol. The van der Waals surface area contributed by atoms with Crippen molar-refractivity contribution in [1.82, 2.24) is 5.16 Å². The highest BCUT2D eigenvalue weighted by Crippen LogP contribution is 2.38. The maximum atomic E-state index is 6.00. The van der Waals surface area contributed by atoms with Crippen LogP contribution >= 0.6 is 15.9 Å². The lowest BCUT2D eigenvalue weighted by Gasteiger charge is -2.26. The molecule has 3 nitrogen and oxygen atoms in total. The molecule has 0 radical (unpaired) electrons. The topological polar surface area (TPSA) is 52.0 Å². The van der Waals surface area contributed by atoms with E-state index in [0.29, 0.717) is 11.7 Å². The number of nitrogens with zero attached hydrogens (tertiary/aromatic N) is 1. The van der Waals surface area contributed by atoms with E-state index in [2.05, 4.69) is 48.8 Å². The van der Waals surface area contributed by atoms with Crippen molar-refractivity contribution in [1.29, 1.82) is 0 Å². The molecule has 2 aromatic rings. The van der Waals surface area contributed by atoms with Gasteiger partial charge in [0, 0.05) is 16.5 Å². The predicted molar refractivity (Wildman–Crippen MR) is 86.4 cm³/mol. The Bertz CT molecular complexity index is 599. The van der Waals surface area contributed by atoms with Crippen LogP contribution in [0.4, 0.5) is 5.82 Å². The van der Waals surface area contributed by atoms with E-state index >= 15 is 0 Å². The molecule has 108 valence electrons. The standard InChI is InChI=1S/C16H21BrN2O/c1-10(16(2,3)4)9-13-14(15(18)19-20-13)11-7-5-6-8-12(11)17/h5-8,10H,9H2,1-4H3,(H2,18,19). The zero-order valence-corrected chi connectivity index (χ0v) is 14.0. The van der Waals surface area contributed by atoms with Gasteiger partial charge in [0.1, 0.15) is 5.76 Å². The first kappa shape index (κ1) is 15.1. The number of anilines is 1. The number of halogens is 1. The third-order valence-corrected chi connectivity index (χ3v) is 4.59. The molecule has 0 saturated carbocycles. The van der Waals surface area contributed by atoms with E-state index in [1.807, 2.05) is 24.3 Å². The molecule has 1 heterocycles. The van der Waals surface area contributed by atoms with E-state index in [1.54, 1.807) is 0 Å². The maximum absolute atomic E-state index is 6.00. The molecule has 0 fully saturated rings. The smallest absolute Gasteiger partial charge is 0.175 e. The Morgan fingerprint density at radius 1 is 1.30 bits per heavy atom. The molecule has 0 saturated heterocycles. The fourth-order valence-electron chi connectivity index (χ4n) is 2.01. The van der Waals surface area contributed by atoms with Crippen molar-refractivity contribution >= 4 is 21.7 Å². The minimum absolute atomic E-state index is 0.215. The highest BCUT2D eigenvalue weighted by molar-refractivity contribution is 9.10. The first-order chi connectivity index (χ1) is 9.30. The van der Waals surface area contributed by atoms with Crippen molar-refractivity contribution in [2.24, 2.45) is 11.3 Å². The molecule has 0 amide bonds. The Kier molecular flexibility index (Phi) is 4.23. The highest BCUT2D eigenvalue weighted by atomic mass is 79.9. The van der Waals surface area contributed by atoms with Crippen LogP contribution in [0.5, 0.6) is 0 Å². The van der Waals surface area contributed by atoms with E-state index in [-0.39, 0.29) is 5.41 Å². The quantitative estimate of drug-likeness (QED) is 0.866. The summed E-state index contributed by atoms with van der Waals surface area (Å²) in [6.45, 7) is 8.92. The number of nitrogen functional groups attached to an aromatic ring is 1. The highest BCUT2D eigenvalue weighted by Gasteiger charge is 2.25. The fourth-order valence-corrected chi connectivity index (χ4v) is 2.50. The zero-order valence-electron chi connectivity index (χ0n) is 12.4. The van der Waals surface area contributed by atoms with E-state index in [1.165, 1.54) is 0 Å². The summed E-state index contributed by atoms with van der Waals surface area (Å²) >= 11 is 3.57. The first-order valence-corrected chi connectivity index (χ1v) is 7.59. The van der Waals surface area contributed by atoms with Crippen LogP contribution in [0.25, 0.3) is 11.1 Å².